The van der Waals surface area contributed by atoms with Gasteiger partial charge in [-0.2, -0.15) is 0 Å². The van der Waals surface area contributed by atoms with E-state index in [1.165, 1.54) is 11.1 Å². The Bertz CT molecular complexity index is 407. The molecule has 0 saturated carbocycles. The fraction of sp³-hybridized carbons (Fsp3) is 0.333. The van der Waals surface area contributed by atoms with Crippen LogP contribution in [-0.2, 0) is 0 Å². The van der Waals surface area contributed by atoms with Crippen molar-refractivity contribution in [3.05, 3.63) is 59.8 Å². The predicted molar refractivity (Wildman–Crippen MR) is 69.0 cm³/mol. The van der Waals surface area contributed by atoms with Crippen LogP contribution in [0.4, 0.5) is 0 Å². The van der Waals surface area contributed by atoms with Gasteiger partial charge >= 0.3 is 0 Å². The van der Waals surface area contributed by atoms with Crippen LogP contribution in [0.2, 0.25) is 0 Å². The molecule has 0 spiro atoms. The first-order valence-corrected chi connectivity index (χ1v) is 5.77. The largest absolute Gasteiger partial charge is 0.381 e. The van der Waals surface area contributed by atoms with Crippen molar-refractivity contribution in [2.45, 2.75) is 26.8 Å². The second-order valence-corrected chi connectivity index (χ2v) is 5.26. The average molecular weight is 213 g/mol. The Morgan fingerprint density at radius 1 is 1.06 bits per heavy atom. The second-order valence-electron chi connectivity index (χ2n) is 5.26. The first-order valence-electron chi connectivity index (χ1n) is 5.77. The summed E-state index contributed by atoms with van der Waals surface area (Å²) >= 11 is 0. The van der Waals surface area contributed by atoms with Crippen LogP contribution in [0.15, 0.2) is 54.3 Å². The number of benzene rings is 1. The first-order chi connectivity index (χ1) is 7.57. The third kappa shape index (κ3) is 2.35. The zero-order valence-electron chi connectivity index (χ0n) is 10.2. The van der Waals surface area contributed by atoms with E-state index < -0.39 is 0 Å². The van der Waals surface area contributed by atoms with Gasteiger partial charge in [0.15, 0.2) is 0 Å². The van der Waals surface area contributed by atoms with Gasteiger partial charge in [-0.3, -0.25) is 0 Å². The highest BCUT2D eigenvalue weighted by molar-refractivity contribution is 5.34. The molecule has 0 amide bonds. The lowest BCUT2D eigenvalue weighted by Gasteiger charge is -2.27. The lowest BCUT2D eigenvalue weighted by Crippen LogP contribution is -2.20. The van der Waals surface area contributed by atoms with E-state index in [0.717, 1.165) is 0 Å². The van der Waals surface area contributed by atoms with Gasteiger partial charge in [0.05, 0.1) is 6.04 Å². The maximum atomic E-state index is 3.38. The highest BCUT2D eigenvalue weighted by atomic mass is 14.9. The molecule has 1 aliphatic heterocycles. The summed E-state index contributed by atoms with van der Waals surface area (Å²) in [5.74, 6) is 0. The molecule has 0 bridgehead atoms. The van der Waals surface area contributed by atoms with E-state index in [4.69, 9.17) is 0 Å². The van der Waals surface area contributed by atoms with E-state index >= 15 is 0 Å². The number of rotatable bonds is 1. The van der Waals surface area contributed by atoms with Crippen LogP contribution in [0.1, 0.15) is 32.4 Å². The summed E-state index contributed by atoms with van der Waals surface area (Å²) in [6.07, 6.45) is 6.53. The van der Waals surface area contributed by atoms with Crippen molar-refractivity contribution in [1.82, 2.24) is 5.32 Å². The molecule has 1 atom stereocenters. The molecule has 16 heavy (non-hydrogen) atoms. The van der Waals surface area contributed by atoms with Crippen LogP contribution in [0.25, 0.3) is 0 Å². The number of allylic oxidation sites excluding steroid dienone is 2. The summed E-state index contributed by atoms with van der Waals surface area (Å²) < 4.78 is 0. The van der Waals surface area contributed by atoms with E-state index in [2.05, 4.69) is 74.8 Å². The molecule has 0 aromatic heterocycles. The minimum Gasteiger partial charge on any atom is -0.381 e. The third-order valence-corrected chi connectivity index (χ3v) is 2.91. The van der Waals surface area contributed by atoms with Crippen molar-refractivity contribution in [3.63, 3.8) is 0 Å². The minimum atomic E-state index is 0.214. The monoisotopic (exact) mass is 213 g/mol. The smallest absolute Gasteiger partial charge is 0.0698 e. The van der Waals surface area contributed by atoms with Crippen LogP contribution in [-0.4, -0.2) is 0 Å². The Morgan fingerprint density at radius 3 is 2.38 bits per heavy atom. The van der Waals surface area contributed by atoms with Crippen molar-refractivity contribution in [2.75, 3.05) is 0 Å². The van der Waals surface area contributed by atoms with Gasteiger partial charge in [-0.05, 0) is 28.8 Å². The van der Waals surface area contributed by atoms with Gasteiger partial charge in [0.2, 0.25) is 0 Å². The van der Waals surface area contributed by atoms with Crippen LogP contribution in [0.3, 0.4) is 0 Å². The summed E-state index contributed by atoms with van der Waals surface area (Å²) in [5.41, 5.74) is 2.92. The van der Waals surface area contributed by atoms with Gasteiger partial charge in [-0.25, -0.2) is 0 Å². The molecule has 1 heterocycles. The SMILES string of the molecule is CC(C)(C)C1=CC(c2ccccc2)NC=C1. The molecule has 0 fully saturated rings. The Kier molecular flexibility index (Phi) is 2.86. The number of hydrogen-bond acceptors (Lipinski definition) is 1. The second kappa shape index (κ2) is 4.17. The van der Waals surface area contributed by atoms with Gasteiger partial charge in [0.25, 0.3) is 0 Å². The van der Waals surface area contributed by atoms with Crippen molar-refractivity contribution in [3.8, 4) is 0 Å². The van der Waals surface area contributed by atoms with Gasteiger partial charge in [0.1, 0.15) is 0 Å². The molecule has 0 aliphatic carbocycles. The standard InChI is InChI=1S/C15H19N/c1-15(2,3)13-9-10-16-14(11-13)12-7-5-4-6-8-12/h4-11,14,16H,1-3H3. The Hall–Kier alpha value is -1.50. The molecule has 0 saturated heterocycles. The average Bonchev–Trinajstić information content (AvgIpc) is 2.29. The first kappa shape index (κ1) is 11.0. The summed E-state index contributed by atoms with van der Waals surface area (Å²) in [7, 11) is 0. The minimum absolute atomic E-state index is 0.214. The van der Waals surface area contributed by atoms with Gasteiger partial charge in [-0.15, -0.1) is 0 Å². The van der Waals surface area contributed by atoms with E-state index in [-0.39, 0.29) is 5.41 Å². The van der Waals surface area contributed by atoms with Crippen molar-refractivity contribution < 1.29 is 0 Å². The van der Waals surface area contributed by atoms with Gasteiger partial charge in [0, 0.05) is 0 Å². The van der Waals surface area contributed by atoms with Crippen molar-refractivity contribution >= 4 is 0 Å². The zero-order chi connectivity index (χ0) is 11.6. The lowest BCUT2D eigenvalue weighted by atomic mass is 9.83. The summed E-state index contributed by atoms with van der Waals surface area (Å²) in [6, 6.07) is 10.8. The summed E-state index contributed by atoms with van der Waals surface area (Å²) in [4.78, 5) is 0. The van der Waals surface area contributed by atoms with E-state index in [1.807, 2.05) is 0 Å². The summed E-state index contributed by atoms with van der Waals surface area (Å²) in [6.45, 7) is 6.74. The molecule has 2 rings (SSSR count). The molecule has 0 radical (unpaired) electrons. The van der Waals surface area contributed by atoms with Crippen molar-refractivity contribution in [1.29, 1.82) is 0 Å². The third-order valence-electron chi connectivity index (χ3n) is 2.91. The fourth-order valence-electron chi connectivity index (χ4n) is 1.88. The maximum Gasteiger partial charge on any atom is 0.0698 e. The molecular weight excluding hydrogens is 194 g/mol. The Morgan fingerprint density at radius 2 is 1.75 bits per heavy atom. The van der Waals surface area contributed by atoms with Crippen molar-refractivity contribution in [2.24, 2.45) is 5.41 Å². The van der Waals surface area contributed by atoms with Crippen LogP contribution < -0.4 is 5.32 Å². The summed E-state index contributed by atoms with van der Waals surface area (Å²) in [5, 5.41) is 3.38. The molecule has 1 unspecified atom stereocenters. The van der Waals surface area contributed by atoms with Gasteiger partial charge < -0.3 is 5.32 Å². The highest BCUT2D eigenvalue weighted by Crippen LogP contribution is 2.31. The quantitative estimate of drug-likeness (QED) is 0.748. The Labute approximate surface area is 97.9 Å². The molecule has 1 aromatic rings. The molecule has 1 aliphatic rings. The fourth-order valence-corrected chi connectivity index (χ4v) is 1.88. The van der Waals surface area contributed by atoms with Gasteiger partial charge in [-0.1, -0.05) is 57.2 Å². The molecule has 1 heteroatoms. The van der Waals surface area contributed by atoms with E-state index in [9.17, 15) is 0 Å². The molecule has 1 N–H and O–H groups in total. The number of hydrogen-bond donors (Lipinski definition) is 1. The normalized spacial score (nSPS) is 20.2. The maximum absolute atomic E-state index is 3.38. The lowest BCUT2D eigenvalue weighted by molar-refractivity contribution is 0.505. The van der Waals surface area contributed by atoms with E-state index in [0.29, 0.717) is 6.04 Å². The molecule has 84 valence electrons. The highest BCUT2D eigenvalue weighted by Gasteiger charge is 2.19. The number of dihydropyridines is 1. The topological polar surface area (TPSA) is 12.0 Å². The molecule has 1 aromatic carbocycles. The van der Waals surface area contributed by atoms with Crippen LogP contribution in [0.5, 0.6) is 0 Å². The van der Waals surface area contributed by atoms with E-state index in [1.54, 1.807) is 0 Å². The zero-order valence-corrected chi connectivity index (χ0v) is 10.2. The molecular formula is C15H19N. The molecule has 1 nitrogen and oxygen atoms in total. The van der Waals surface area contributed by atoms with Crippen LogP contribution >= 0.6 is 0 Å². The predicted octanol–water partition coefficient (Wildman–Crippen LogP) is 3.82. The van der Waals surface area contributed by atoms with Crippen LogP contribution in [0, 0.1) is 5.41 Å². The number of nitrogens with one attached hydrogen (secondary N) is 1. The Balaban J connectivity index is 2.27.